The molecule has 4 N–H and O–H groups in total. The van der Waals surface area contributed by atoms with Crippen molar-refractivity contribution < 1.29 is 34.1 Å². The minimum Gasteiger partial charge on any atom is -0.388 e. The summed E-state index contributed by atoms with van der Waals surface area (Å²) in [5, 5.41) is 27.8. The highest BCUT2D eigenvalue weighted by Crippen LogP contribution is 2.28. The molecular weight excluding hydrogens is 433 g/mol. The van der Waals surface area contributed by atoms with Crippen LogP contribution in [0.3, 0.4) is 0 Å². The van der Waals surface area contributed by atoms with Crippen molar-refractivity contribution in [1.82, 2.24) is 15.0 Å². The second-order valence-corrected chi connectivity index (χ2v) is 8.54. The lowest BCUT2D eigenvalue weighted by atomic mass is 10.1. The first-order chi connectivity index (χ1) is 14.7. The number of halogens is 1. The maximum absolute atomic E-state index is 14.4. The van der Waals surface area contributed by atoms with Crippen molar-refractivity contribution >= 4 is 22.8 Å². The number of carbonyl (C=O) groups excluding carboxylic acids is 2. The molecule has 0 unspecified atom stereocenters. The molecule has 1 aromatic heterocycles. The van der Waals surface area contributed by atoms with E-state index in [1.165, 1.54) is 6.92 Å². The molecule has 0 aromatic carbocycles. The number of hydrogen-bond acceptors (Lipinski definition) is 9. The molecule has 4 atom stereocenters. The Morgan fingerprint density at radius 2 is 1.90 bits per heavy atom. The number of thioether (sulfide) groups is 1. The number of hydroxylamine groups is 1. The van der Waals surface area contributed by atoms with Gasteiger partial charge < -0.3 is 14.9 Å². The molecule has 1 saturated heterocycles. The van der Waals surface area contributed by atoms with E-state index in [-0.39, 0.29) is 23.7 Å². The van der Waals surface area contributed by atoms with Crippen molar-refractivity contribution in [3.8, 4) is 0 Å². The third-order valence-corrected chi connectivity index (χ3v) is 5.94. The van der Waals surface area contributed by atoms with Gasteiger partial charge in [-0.1, -0.05) is 31.0 Å². The average molecular weight is 462 g/mol. The minimum atomic E-state index is -1.40. The zero-order valence-corrected chi connectivity index (χ0v) is 18.0. The summed E-state index contributed by atoms with van der Waals surface area (Å²) in [7, 11) is 0. The molecule has 1 aromatic rings. The Labute approximate surface area is 182 Å². The number of nitrogens with one attached hydrogen (secondary N) is 1. The lowest BCUT2D eigenvalue weighted by Crippen LogP contribution is -2.36. The second-order valence-electron chi connectivity index (χ2n) is 7.39. The SMILES string of the molecule is C[C@H]1O[C@@H](n2cc(F)c(CC(=O)SCCCCCCCC(=O)NO)nc2=O)[C@H](O)[C@@H]1O. The summed E-state index contributed by atoms with van der Waals surface area (Å²) in [6.07, 6.45) is 0.230. The summed E-state index contributed by atoms with van der Waals surface area (Å²) in [6, 6.07) is 0. The molecule has 0 bridgehead atoms. The predicted octanol–water partition coefficient (Wildman–Crippen LogP) is 0.670. The molecule has 1 aliphatic heterocycles. The highest BCUT2D eigenvalue weighted by molar-refractivity contribution is 8.13. The van der Waals surface area contributed by atoms with Gasteiger partial charge in [0.15, 0.2) is 17.2 Å². The van der Waals surface area contributed by atoms with Crippen LogP contribution in [0.5, 0.6) is 0 Å². The van der Waals surface area contributed by atoms with Crippen LogP contribution in [0.25, 0.3) is 0 Å². The topological polar surface area (TPSA) is 151 Å². The van der Waals surface area contributed by atoms with Gasteiger partial charge in [0.1, 0.15) is 12.2 Å². The van der Waals surface area contributed by atoms with E-state index in [0.717, 1.165) is 48.2 Å². The van der Waals surface area contributed by atoms with E-state index >= 15 is 0 Å². The summed E-state index contributed by atoms with van der Waals surface area (Å²) in [5.74, 6) is -0.730. The van der Waals surface area contributed by atoms with E-state index in [4.69, 9.17) is 9.94 Å². The maximum atomic E-state index is 14.4. The standard InChI is InChI=1S/C19H28FN3O7S/c1-11-16(26)17(27)18(30-11)23-10-12(20)13(21-19(23)28)9-15(25)31-8-6-4-2-3-5-7-14(24)22-29/h10-11,16-18,26-27,29H,2-9H2,1H3,(H,22,24)/t11-,16-,17-,18-/m1/s1. The van der Waals surface area contributed by atoms with E-state index in [1.807, 2.05) is 0 Å². The predicted molar refractivity (Wildman–Crippen MR) is 109 cm³/mol. The number of hydrogen-bond donors (Lipinski definition) is 4. The van der Waals surface area contributed by atoms with Crippen LogP contribution in [0.4, 0.5) is 4.39 Å². The van der Waals surface area contributed by atoms with E-state index in [2.05, 4.69) is 4.98 Å². The molecule has 1 fully saturated rings. The molecule has 2 rings (SSSR count). The molecule has 0 saturated carbocycles. The van der Waals surface area contributed by atoms with E-state index in [9.17, 15) is 29.0 Å². The number of aromatic nitrogens is 2. The van der Waals surface area contributed by atoms with Gasteiger partial charge in [0.25, 0.3) is 0 Å². The number of nitrogens with zero attached hydrogens (tertiary/aromatic N) is 2. The zero-order chi connectivity index (χ0) is 23.0. The summed E-state index contributed by atoms with van der Waals surface area (Å²) >= 11 is 1.04. The highest BCUT2D eigenvalue weighted by Gasteiger charge is 2.42. The average Bonchev–Trinajstić information content (AvgIpc) is 2.99. The van der Waals surface area contributed by atoms with E-state index in [1.54, 1.807) is 5.48 Å². The Balaban J connectivity index is 1.76. The first-order valence-corrected chi connectivity index (χ1v) is 11.1. The molecule has 1 amide bonds. The molecule has 174 valence electrons. The number of aliphatic hydroxyl groups is 2. The normalized spacial score (nSPS) is 23.1. The van der Waals surface area contributed by atoms with Crippen LogP contribution in [0.2, 0.25) is 0 Å². The first-order valence-electron chi connectivity index (χ1n) is 10.1. The monoisotopic (exact) mass is 461 g/mol. The fourth-order valence-corrected chi connectivity index (χ4v) is 4.00. The number of unbranched alkanes of at least 4 members (excludes halogenated alkanes) is 4. The summed E-state index contributed by atoms with van der Waals surface area (Å²) in [5.41, 5.74) is 0.423. The van der Waals surface area contributed by atoms with E-state index < -0.39 is 42.0 Å². The van der Waals surface area contributed by atoms with Crippen LogP contribution in [0.1, 0.15) is 57.4 Å². The van der Waals surface area contributed by atoms with E-state index in [0.29, 0.717) is 12.2 Å². The second kappa shape index (κ2) is 12.2. The van der Waals surface area contributed by atoms with Gasteiger partial charge in [-0.25, -0.2) is 14.7 Å². The quantitative estimate of drug-likeness (QED) is 0.212. The minimum absolute atomic E-state index is 0.270. The van der Waals surface area contributed by atoms with Crippen LogP contribution in [-0.4, -0.2) is 60.1 Å². The fraction of sp³-hybridized carbons (Fsp3) is 0.684. The highest BCUT2D eigenvalue weighted by atomic mass is 32.2. The van der Waals surface area contributed by atoms with Crippen molar-refractivity contribution in [3.63, 3.8) is 0 Å². The number of ether oxygens (including phenoxy) is 1. The Hall–Kier alpha value is -1.86. The van der Waals surface area contributed by atoms with Crippen LogP contribution in [-0.2, 0) is 20.7 Å². The van der Waals surface area contributed by atoms with Gasteiger partial charge in [0.2, 0.25) is 5.91 Å². The smallest absolute Gasteiger partial charge is 0.350 e. The molecule has 0 radical (unpaired) electrons. The van der Waals surface area contributed by atoms with Crippen molar-refractivity contribution in [3.05, 3.63) is 28.2 Å². The molecular formula is C19H28FN3O7S. The van der Waals surface area contributed by atoms with Crippen LogP contribution < -0.4 is 11.2 Å². The van der Waals surface area contributed by atoms with Crippen LogP contribution in [0, 0.1) is 5.82 Å². The van der Waals surface area contributed by atoms with Crippen molar-refractivity contribution in [2.24, 2.45) is 0 Å². The third-order valence-electron chi connectivity index (χ3n) is 4.98. The van der Waals surface area contributed by atoms with Gasteiger partial charge in [0, 0.05) is 18.4 Å². The van der Waals surface area contributed by atoms with Crippen molar-refractivity contribution in [2.75, 3.05) is 5.75 Å². The molecule has 12 heteroatoms. The van der Waals surface area contributed by atoms with Gasteiger partial charge >= 0.3 is 5.69 Å². The third kappa shape index (κ3) is 7.35. The molecule has 1 aliphatic rings. The maximum Gasteiger partial charge on any atom is 0.350 e. The van der Waals surface area contributed by atoms with Crippen LogP contribution in [0.15, 0.2) is 11.0 Å². The summed E-state index contributed by atoms with van der Waals surface area (Å²) < 4.78 is 20.5. The number of aliphatic hydroxyl groups excluding tert-OH is 2. The van der Waals surface area contributed by atoms with Gasteiger partial charge in [-0.05, 0) is 19.8 Å². The van der Waals surface area contributed by atoms with Gasteiger partial charge in [-0.3, -0.25) is 19.4 Å². The molecule has 0 spiro atoms. The zero-order valence-electron chi connectivity index (χ0n) is 17.2. The fourth-order valence-electron chi connectivity index (χ4n) is 3.19. The molecule has 0 aliphatic carbocycles. The Morgan fingerprint density at radius 1 is 1.23 bits per heavy atom. The molecule has 2 heterocycles. The number of amides is 1. The lowest BCUT2D eigenvalue weighted by Gasteiger charge is -2.17. The van der Waals surface area contributed by atoms with Crippen molar-refractivity contribution in [2.45, 2.75) is 76.4 Å². The summed E-state index contributed by atoms with van der Waals surface area (Å²) in [6.45, 7) is 1.52. The summed E-state index contributed by atoms with van der Waals surface area (Å²) in [4.78, 5) is 38.8. The number of rotatable bonds is 11. The van der Waals surface area contributed by atoms with Gasteiger partial charge in [-0.15, -0.1) is 0 Å². The Bertz CT molecular complexity index is 822. The molecule has 10 nitrogen and oxygen atoms in total. The first kappa shape index (κ1) is 25.4. The van der Waals surface area contributed by atoms with Gasteiger partial charge in [0.05, 0.1) is 18.2 Å². The van der Waals surface area contributed by atoms with Crippen LogP contribution >= 0.6 is 11.8 Å². The largest absolute Gasteiger partial charge is 0.388 e. The Kier molecular flexibility index (Phi) is 10.0. The van der Waals surface area contributed by atoms with Crippen molar-refractivity contribution in [1.29, 1.82) is 0 Å². The number of carbonyl (C=O) groups is 2. The van der Waals surface area contributed by atoms with Gasteiger partial charge in [-0.2, -0.15) is 4.98 Å². The lowest BCUT2D eigenvalue weighted by molar-refractivity contribution is -0.129. The molecule has 31 heavy (non-hydrogen) atoms. The Morgan fingerprint density at radius 3 is 2.55 bits per heavy atom.